The van der Waals surface area contributed by atoms with E-state index in [4.69, 9.17) is 11.6 Å². The number of halogens is 1. The molecule has 5 nitrogen and oxygen atoms in total. The van der Waals surface area contributed by atoms with Gasteiger partial charge >= 0.3 is 0 Å². The van der Waals surface area contributed by atoms with Crippen molar-refractivity contribution in [2.75, 3.05) is 19.6 Å². The van der Waals surface area contributed by atoms with Crippen LogP contribution in [0.1, 0.15) is 32.8 Å². The zero-order valence-corrected chi connectivity index (χ0v) is 14.9. The molecule has 0 spiro atoms. The van der Waals surface area contributed by atoms with Gasteiger partial charge in [0.15, 0.2) is 5.96 Å². The van der Waals surface area contributed by atoms with E-state index in [1.807, 2.05) is 45.0 Å². The van der Waals surface area contributed by atoms with Crippen molar-refractivity contribution in [2.24, 2.45) is 4.99 Å². The average molecular weight is 339 g/mol. The molecule has 1 amide bonds. The minimum Gasteiger partial charge on any atom is -0.357 e. The summed E-state index contributed by atoms with van der Waals surface area (Å²) in [6.45, 7) is 7.90. The first-order valence-electron chi connectivity index (χ1n) is 8.07. The predicted molar refractivity (Wildman–Crippen MR) is 97.0 cm³/mol. The lowest BCUT2D eigenvalue weighted by Gasteiger charge is -2.12. The van der Waals surface area contributed by atoms with Crippen LogP contribution in [-0.4, -0.2) is 37.5 Å². The lowest BCUT2D eigenvalue weighted by atomic mass is 10.1. The molecule has 0 aliphatic rings. The average Bonchev–Trinajstić information content (AvgIpc) is 2.46. The maximum absolute atomic E-state index is 11.6. The molecular weight excluding hydrogens is 312 g/mol. The van der Waals surface area contributed by atoms with Crippen molar-refractivity contribution in [3.8, 4) is 0 Å². The monoisotopic (exact) mass is 338 g/mol. The molecule has 0 fully saturated rings. The summed E-state index contributed by atoms with van der Waals surface area (Å²) in [5.74, 6) is 0.755. The van der Waals surface area contributed by atoms with Crippen molar-refractivity contribution >= 4 is 23.5 Å². The first-order valence-corrected chi connectivity index (χ1v) is 8.45. The Morgan fingerprint density at radius 2 is 2.09 bits per heavy atom. The molecule has 6 heteroatoms. The number of nitrogens with one attached hydrogen (secondary N) is 3. The third-order valence-corrected chi connectivity index (χ3v) is 3.23. The Morgan fingerprint density at radius 3 is 2.74 bits per heavy atom. The van der Waals surface area contributed by atoms with Gasteiger partial charge in [-0.05, 0) is 44.9 Å². The zero-order chi connectivity index (χ0) is 17.1. The Labute approximate surface area is 143 Å². The molecule has 0 unspecified atom stereocenters. The fourth-order valence-corrected chi connectivity index (χ4v) is 2.24. The summed E-state index contributed by atoms with van der Waals surface area (Å²) in [6.07, 6.45) is 1.25. The number of guanidine groups is 1. The molecule has 0 aromatic heterocycles. The second-order valence-corrected chi connectivity index (χ2v) is 5.98. The Balaban J connectivity index is 2.38. The topological polar surface area (TPSA) is 65.5 Å². The molecule has 0 atom stereocenters. The molecule has 0 saturated heterocycles. The number of benzene rings is 1. The largest absolute Gasteiger partial charge is 0.357 e. The van der Waals surface area contributed by atoms with Crippen molar-refractivity contribution in [3.63, 3.8) is 0 Å². The number of amides is 1. The van der Waals surface area contributed by atoms with Gasteiger partial charge in [-0.15, -0.1) is 0 Å². The summed E-state index contributed by atoms with van der Waals surface area (Å²) in [5, 5.41) is 10.0. The molecule has 0 heterocycles. The molecule has 0 aliphatic carbocycles. The smallest absolute Gasteiger partial charge is 0.222 e. The van der Waals surface area contributed by atoms with E-state index >= 15 is 0 Å². The van der Waals surface area contributed by atoms with Crippen LogP contribution in [0, 0.1) is 0 Å². The SMILES string of the molecule is CCNC(=NCCC(=O)NC(C)C)NCCc1cccc(Cl)c1. The van der Waals surface area contributed by atoms with Crippen LogP contribution in [-0.2, 0) is 11.2 Å². The van der Waals surface area contributed by atoms with Gasteiger partial charge in [0.25, 0.3) is 0 Å². The van der Waals surface area contributed by atoms with Gasteiger partial charge in [0, 0.05) is 30.6 Å². The Bertz CT molecular complexity index is 517. The van der Waals surface area contributed by atoms with Crippen molar-refractivity contribution in [1.82, 2.24) is 16.0 Å². The molecule has 0 aliphatic heterocycles. The van der Waals surface area contributed by atoms with Crippen LogP contribution in [0.15, 0.2) is 29.3 Å². The summed E-state index contributed by atoms with van der Waals surface area (Å²) in [5.41, 5.74) is 1.18. The van der Waals surface area contributed by atoms with Crippen LogP contribution in [0.4, 0.5) is 0 Å². The third-order valence-electron chi connectivity index (χ3n) is 3.00. The minimum absolute atomic E-state index is 0.0264. The number of carbonyl (C=O) groups is 1. The van der Waals surface area contributed by atoms with Gasteiger partial charge in [0.05, 0.1) is 6.54 Å². The molecule has 3 N–H and O–H groups in total. The van der Waals surface area contributed by atoms with Crippen LogP contribution in [0.5, 0.6) is 0 Å². The van der Waals surface area contributed by atoms with Gasteiger partial charge in [-0.1, -0.05) is 23.7 Å². The molecule has 0 radical (unpaired) electrons. The van der Waals surface area contributed by atoms with Crippen LogP contribution in [0.2, 0.25) is 5.02 Å². The van der Waals surface area contributed by atoms with Gasteiger partial charge in [-0.2, -0.15) is 0 Å². The van der Waals surface area contributed by atoms with E-state index in [1.54, 1.807) is 0 Å². The van der Waals surface area contributed by atoms with Crippen molar-refractivity contribution < 1.29 is 4.79 Å². The first kappa shape index (κ1) is 19.3. The van der Waals surface area contributed by atoms with Gasteiger partial charge in [-0.3, -0.25) is 9.79 Å². The summed E-state index contributed by atoms with van der Waals surface area (Å²) in [4.78, 5) is 16.0. The normalized spacial score (nSPS) is 11.4. The Kier molecular flexibility index (Phi) is 9.14. The molecule has 0 saturated carbocycles. The van der Waals surface area contributed by atoms with E-state index in [-0.39, 0.29) is 11.9 Å². The van der Waals surface area contributed by atoms with E-state index in [9.17, 15) is 4.79 Å². The zero-order valence-electron chi connectivity index (χ0n) is 14.2. The lowest BCUT2D eigenvalue weighted by Crippen LogP contribution is -2.38. The lowest BCUT2D eigenvalue weighted by molar-refractivity contribution is -0.121. The molecule has 1 rings (SSSR count). The molecule has 0 bridgehead atoms. The minimum atomic E-state index is 0.0264. The second-order valence-electron chi connectivity index (χ2n) is 5.54. The molecular formula is C17H27ClN4O. The maximum atomic E-state index is 11.6. The summed E-state index contributed by atoms with van der Waals surface area (Å²) < 4.78 is 0. The number of hydrogen-bond acceptors (Lipinski definition) is 2. The molecule has 1 aromatic rings. The van der Waals surface area contributed by atoms with Gasteiger partial charge in [0.2, 0.25) is 5.91 Å². The van der Waals surface area contributed by atoms with E-state index in [0.717, 1.165) is 30.5 Å². The number of carbonyl (C=O) groups excluding carboxylic acids is 1. The quantitative estimate of drug-likeness (QED) is 0.503. The van der Waals surface area contributed by atoms with Crippen LogP contribution >= 0.6 is 11.6 Å². The number of rotatable bonds is 8. The highest BCUT2D eigenvalue weighted by molar-refractivity contribution is 6.30. The van der Waals surface area contributed by atoms with E-state index in [2.05, 4.69) is 20.9 Å². The van der Waals surface area contributed by atoms with Crippen molar-refractivity contribution in [1.29, 1.82) is 0 Å². The highest BCUT2D eigenvalue weighted by atomic mass is 35.5. The summed E-state index contributed by atoms with van der Waals surface area (Å²) in [7, 11) is 0. The Morgan fingerprint density at radius 1 is 1.30 bits per heavy atom. The first-order chi connectivity index (χ1) is 11.0. The number of hydrogen-bond donors (Lipinski definition) is 3. The van der Waals surface area contributed by atoms with Gasteiger partial charge in [0.1, 0.15) is 0 Å². The van der Waals surface area contributed by atoms with Crippen LogP contribution in [0.3, 0.4) is 0 Å². The molecule has 1 aromatic carbocycles. The van der Waals surface area contributed by atoms with Crippen molar-refractivity contribution in [3.05, 3.63) is 34.9 Å². The van der Waals surface area contributed by atoms with Crippen LogP contribution < -0.4 is 16.0 Å². The predicted octanol–water partition coefficient (Wildman–Crippen LogP) is 2.35. The maximum Gasteiger partial charge on any atom is 0.222 e. The number of aliphatic imine (C=N–C) groups is 1. The fourth-order valence-electron chi connectivity index (χ4n) is 2.02. The van der Waals surface area contributed by atoms with Crippen molar-refractivity contribution in [2.45, 2.75) is 39.7 Å². The number of nitrogens with zero attached hydrogens (tertiary/aromatic N) is 1. The van der Waals surface area contributed by atoms with E-state index < -0.39 is 0 Å². The second kappa shape index (κ2) is 10.9. The Hall–Kier alpha value is -1.75. The summed E-state index contributed by atoms with van der Waals surface area (Å²) >= 11 is 5.98. The highest BCUT2D eigenvalue weighted by Crippen LogP contribution is 2.10. The molecule has 128 valence electrons. The van der Waals surface area contributed by atoms with Gasteiger partial charge in [-0.25, -0.2) is 0 Å². The van der Waals surface area contributed by atoms with Crippen LogP contribution in [0.25, 0.3) is 0 Å². The third kappa shape index (κ3) is 9.08. The van der Waals surface area contributed by atoms with Gasteiger partial charge < -0.3 is 16.0 Å². The molecule has 23 heavy (non-hydrogen) atoms. The van der Waals surface area contributed by atoms with E-state index in [1.165, 1.54) is 5.56 Å². The summed E-state index contributed by atoms with van der Waals surface area (Å²) in [6, 6.07) is 7.99. The standard InChI is InChI=1S/C17H27ClN4O/c1-4-19-17(21-11-9-16(23)22-13(2)3)20-10-8-14-6-5-7-15(18)12-14/h5-7,12-13H,4,8-11H2,1-3H3,(H,22,23)(H2,19,20,21). The van der Waals surface area contributed by atoms with E-state index in [0.29, 0.717) is 13.0 Å². The highest BCUT2D eigenvalue weighted by Gasteiger charge is 2.03. The fraction of sp³-hybridized carbons (Fsp3) is 0.529.